The number of esters is 4. The van der Waals surface area contributed by atoms with Crippen LogP contribution in [0.3, 0.4) is 0 Å². The second kappa shape index (κ2) is 70.7. The molecule has 0 aromatic carbocycles. The molecule has 0 heterocycles. The van der Waals surface area contributed by atoms with E-state index in [4.69, 9.17) is 37.0 Å². The molecule has 0 rings (SSSR count). The third-order valence-electron chi connectivity index (χ3n) is 18.5. The molecule has 582 valence electrons. The molecular formula is C79H154O17P2. The van der Waals surface area contributed by atoms with Crippen LogP contribution in [0.1, 0.15) is 414 Å². The summed E-state index contributed by atoms with van der Waals surface area (Å²) in [4.78, 5) is 73.0. The lowest BCUT2D eigenvalue weighted by molar-refractivity contribution is -0.161. The Labute approximate surface area is 600 Å². The second-order valence-corrected chi connectivity index (χ2v) is 32.3. The largest absolute Gasteiger partial charge is 0.472 e. The first-order chi connectivity index (χ1) is 47.4. The molecular weight excluding hydrogens is 1280 g/mol. The first kappa shape index (κ1) is 96.1. The molecule has 0 saturated heterocycles. The van der Waals surface area contributed by atoms with Gasteiger partial charge in [0.2, 0.25) is 0 Å². The summed E-state index contributed by atoms with van der Waals surface area (Å²) < 4.78 is 68.7. The van der Waals surface area contributed by atoms with Gasteiger partial charge in [0.25, 0.3) is 0 Å². The van der Waals surface area contributed by atoms with E-state index in [-0.39, 0.29) is 25.7 Å². The highest BCUT2D eigenvalue weighted by Gasteiger charge is 2.30. The molecule has 0 fully saturated rings. The molecule has 5 atom stereocenters. The Balaban J connectivity index is 5.27. The van der Waals surface area contributed by atoms with Crippen LogP contribution >= 0.6 is 15.6 Å². The number of phosphoric ester groups is 2. The molecule has 0 aromatic rings. The number of carbonyl (C=O) groups excluding carboxylic acids is 4. The van der Waals surface area contributed by atoms with E-state index in [0.29, 0.717) is 25.7 Å². The van der Waals surface area contributed by atoms with E-state index in [9.17, 15) is 43.2 Å². The Morgan fingerprint density at radius 3 is 0.694 bits per heavy atom. The number of unbranched alkanes of at least 4 members (excludes halogenated alkanes) is 48. The van der Waals surface area contributed by atoms with Crippen LogP contribution < -0.4 is 0 Å². The van der Waals surface area contributed by atoms with Crippen molar-refractivity contribution in [2.45, 2.75) is 432 Å². The fourth-order valence-electron chi connectivity index (χ4n) is 12.2. The summed E-state index contributed by atoms with van der Waals surface area (Å²) in [5.74, 6) is -0.540. The monoisotopic (exact) mass is 1440 g/mol. The zero-order chi connectivity index (χ0) is 72.1. The van der Waals surface area contributed by atoms with E-state index in [1.807, 2.05) is 0 Å². The Bertz CT molecular complexity index is 1890. The third kappa shape index (κ3) is 72.4. The van der Waals surface area contributed by atoms with Gasteiger partial charge in [-0.15, -0.1) is 0 Å². The average molecular weight is 1440 g/mol. The van der Waals surface area contributed by atoms with Gasteiger partial charge in [0, 0.05) is 25.7 Å². The lowest BCUT2D eigenvalue weighted by Gasteiger charge is -2.21. The lowest BCUT2D eigenvalue weighted by Crippen LogP contribution is -2.30. The van der Waals surface area contributed by atoms with Crippen molar-refractivity contribution in [3.63, 3.8) is 0 Å². The highest BCUT2D eigenvalue weighted by atomic mass is 31.2. The van der Waals surface area contributed by atoms with Crippen molar-refractivity contribution in [2.24, 2.45) is 11.8 Å². The second-order valence-electron chi connectivity index (χ2n) is 29.4. The number of carbonyl (C=O) groups is 4. The Morgan fingerprint density at radius 1 is 0.276 bits per heavy atom. The van der Waals surface area contributed by atoms with Crippen molar-refractivity contribution in [2.75, 3.05) is 39.6 Å². The molecule has 3 N–H and O–H groups in total. The predicted molar refractivity (Wildman–Crippen MR) is 400 cm³/mol. The van der Waals surface area contributed by atoms with E-state index in [1.54, 1.807) is 0 Å². The molecule has 0 amide bonds. The zero-order valence-electron chi connectivity index (χ0n) is 64.1. The molecule has 0 aliphatic rings. The van der Waals surface area contributed by atoms with Gasteiger partial charge in [0.15, 0.2) is 12.2 Å². The van der Waals surface area contributed by atoms with Crippen LogP contribution in [-0.2, 0) is 65.4 Å². The number of phosphoric acid groups is 2. The molecule has 98 heavy (non-hydrogen) atoms. The van der Waals surface area contributed by atoms with Crippen LogP contribution in [0, 0.1) is 11.8 Å². The summed E-state index contributed by atoms with van der Waals surface area (Å²) in [5.41, 5.74) is 0. The summed E-state index contributed by atoms with van der Waals surface area (Å²) in [6.07, 6.45) is 59.4. The van der Waals surface area contributed by atoms with Gasteiger partial charge in [-0.3, -0.25) is 37.3 Å². The van der Waals surface area contributed by atoms with Gasteiger partial charge in [-0.2, -0.15) is 0 Å². The van der Waals surface area contributed by atoms with Crippen molar-refractivity contribution in [1.82, 2.24) is 0 Å². The van der Waals surface area contributed by atoms with Gasteiger partial charge in [0.1, 0.15) is 19.3 Å². The minimum absolute atomic E-state index is 0.107. The molecule has 17 nitrogen and oxygen atoms in total. The summed E-state index contributed by atoms with van der Waals surface area (Å²) in [6, 6.07) is 0. The van der Waals surface area contributed by atoms with E-state index in [2.05, 4.69) is 41.5 Å². The molecule has 0 aliphatic heterocycles. The van der Waals surface area contributed by atoms with Crippen molar-refractivity contribution in [3.8, 4) is 0 Å². The van der Waals surface area contributed by atoms with Crippen LogP contribution in [0.25, 0.3) is 0 Å². The van der Waals surface area contributed by atoms with E-state index >= 15 is 0 Å². The topological polar surface area (TPSA) is 237 Å². The maximum atomic E-state index is 13.1. The smallest absolute Gasteiger partial charge is 0.462 e. The molecule has 2 unspecified atom stereocenters. The number of aliphatic hydroxyl groups excluding tert-OH is 1. The number of ether oxygens (including phenoxy) is 4. The van der Waals surface area contributed by atoms with E-state index < -0.39 is 97.5 Å². The molecule has 0 saturated carbocycles. The third-order valence-corrected chi connectivity index (χ3v) is 20.4. The van der Waals surface area contributed by atoms with Crippen LogP contribution in [0.2, 0.25) is 0 Å². The van der Waals surface area contributed by atoms with Gasteiger partial charge in [-0.05, 0) is 37.5 Å². The number of hydrogen-bond donors (Lipinski definition) is 3. The molecule has 0 bridgehead atoms. The highest BCUT2D eigenvalue weighted by molar-refractivity contribution is 7.47. The minimum atomic E-state index is -4.96. The van der Waals surface area contributed by atoms with Crippen molar-refractivity contribution in [3.05, 3.63) is 0 Å². The first-order valence-electron chi connectivity index (χ1n) is 41.0. The van der Waals surface area contributed by atoms with Crippen molar-refractivity contribution < 1.29 is 80.2 Å². The normalized spacial score (nSPS) is 13.9. The first-order valence-corrected chi connectivity index (χ1v) is 44.0. The summed E-state index contributed by atoms with van der Waals surface area (Å²) in [7, 11) is -9.92. The van der Waals surface area contributed by atoms with Crippen LogP contribution in [0.5, 0.6) is 0 Å². The van der Waals surface area contributed by atoms with Crippen LogP contribution in [-0.4, -0.2) is 96.7 Å². The van der Waals surface area contributed by atoms with Crippen molar-refractivity contribution >= 4 is 39.5 Å². The summed E-state index contributed by atoms with van der Waals surface area (Å²) >= 11 is 0. The predicted octanol–water partition coefficient (Wildman–Crippen LogP) is 23.5. The van der Waals surface area contributed by atoms with Gasteiger partial charge < -0.3 is 33.8 Å². The maximum absolute atomic E-state index is 13.1. The lowest BCUT2D eigenvalue weighted by atomic mass is 10.0. The summed E-state index contributed by atoms with van der Waals surface area (Å²) in [5, 5.41) is 10.6. The fraction of sp³-hybridized carbons (Fsp3) is 0.949. The Hall–Kier alpha value is -1.94. The molecule has 19 heteroatoms. The SMILES string of the molecule is CCCCCCCCCCCCCCCCCC(=O)O[C@H](COC(=O)CCCCCCCCCCCCCC)COP(=O)(O)OC[C@H](O)COP(=O)(O)OC[C@@H](COC(=O)CCCCCCCCCCCCCCC(C)C)OC(=O)CCCCCCCCCCCCCCCC(C)C. The van der Waals surface area contributed by atoms with Crippen LogP contribution in [0.4, 0.5) is 0 Å². The quantitative estimate of drug-likeness (QED) is 0.0222. The molecule has 0 aromatic heterocycles. The van der Waals surface area contributed by atoms with Gasteiger partial charge in [-0.1, -0.05) is 363 Å². The minimum Gasteiger partial charge on any atom is -0.462 e. The summed E-state index contributed by atoms with van der Waals surface area (Å²) in [6.45, 7) is 9.66. The fourth-order valence-corrected chi connectivity index (χ4v) is 13.8. The molecule has 0 aliphatic carbocycles. The zero-order valence-corrected chi connectivity index (χ0v) is 65.9. The number of aliphatic hydroxyl groups is 1. The standard InChI is InChI=1S/C79H154O17P2/c1-7-9-11-13-15-17-19-21-22-25-33-39-45-51-57-63-78(83)95-74(67-89-76(81)61-55-49-43-37-31-20-18-16-14-12-10-8-2)69-93-97(85,86)91-65-73(80)66-92-98(87,88)94-70-75(68-90-77(82)62-56-50-44-38-32-28-27-30-36-42-48-54-60-72(5)6)96-79(84)64-58-52-46-40-34-26-23-24-29-35-41-47-53-59-71(3)4/h71-75,80H,7-70H2,1-6H3,(H,85,86)(H,87,88)/t73-,74+,75+/m0/s1. The molecule has 0 spiro atoms. The highest BCUT2D eigenvalue weighted by Crippen LogP contribution is 2.45. The van der Waals surface area contributed by atoms with Crippen LogP contribution in [0.15, 0.2) is 0 Å². The van der Waals surface area contributed by atoms with Gasteiger partial charge in [0.05, 0.1) is 26.4 Å². The number of hydrogen-bond acceptors (Lipinski definition) is 15. The van der Waals surface area contributed by atoms with E-state index in [0.717, 1.165) is 102 Å². The van der Waals surface area contributed by atoms with Gasteiger partial charge >= 0.3 is 39.5 Å². The van der Waals surface area contributed by atoms with Crippen molar-refractivity contribution in [1.29, 1.82) is 0 Å². The van der Waals surface area contributed by atoms with Gasteiger partial charge in [-0.25, -0.2) is 9.13 Å². The maximum Gasteiger partial charge on any atom is 0.472 e. The Morgan fingerprint density at radius 2 is 0.469 bits per heavy atom. The van der Waals surface area contributed by atoms with E-state index in [1.165, 1.54) is 231 Å². The molecule has 0 radical (unpaired) electrons. The number of rotatable bonds is 78. The average Bonchev–Trinajstić information content (AvgIpc) is 1.03. The Kier molecular flexibility index (Phi) is 69.3.